The monoisotopic (exact) mass is 318 g/mol. The molecule has 0 spiro atoms. The Balaban J connectivity index is 2.20. The van der Waals surface area contributed by atoms with Crippen molar-refractivity contribution in [3.63, 3.8) is 0 Å². The molecule has 0 aromatic rings. The lowest BCUT2D eigenvalue weighted by atomic mass is 10.1. The first kappa shape index (κ1) is 16.7. The summed E-state index contributed by atoms with van der Waals surface area (Å²) in [7, 11) is 0. The number of hydrogen-bond donors (Lipinski definition) is 0. The van der Waals surface area contributed by atoms with Gasteiger partial charge < -0.3 is 28.4 Å². The smallest absolute Gasteiger partial charge is 0.305 e. The fraction of sp³-hybridized carbons (Fsp3) is 0.769. The van der Waals surface area contributed by atoms with E-state index in [1.54, 1.807) is 0 Å². The standard InChI is InChI=1S/C13H18O9/c1-6(14)19-11-9-10(22-13(11)21-8(3)16)12(20-7(2)15)18-5-4-17-9/h9-13H,4-5H2,1-3H3/t9-,10-,11?,12+,13?/m0/s1. The van der Waals surface area contributed by atoms with Gasteiger partial charge in [0.15, 0.2) is 12.2 Å². The van der Waals surface area contributed by atoms with Crippen LogP contribution >= 0.6 is 0 Å². The van der Waals surface area contributed by atoms with Gasteiger partial charge in [-0.25, -0.2) is 0 Å². The highest BCUT2D eigenvalue weighted by Crippen LogP contribution is 2.32. The molecule has 9 heteroatoms. The molecule has 0 saturated carbocycles. The minimum atomic E-state index is -1.16. The highest BCUT2D eigenvalue weighted by Gasteiger charge is 2.54. The van der Waals surface area contributed by atoms with Gasteiger partial charge in [-0.2, -0.15) is 0 Å². The number of carbonyl (C=O) groups excluding carboxylic acids is 3. The van der Waals surface area contributed by atoms with Crippen molar-refractivity contribution >= 4 is 17.9 Å². The van der Waals surface area contributed by atoms with Crippen LogP contribution in [0.4, 0.5) is 0 Å². The van der Waals surface area contributed by atoms with Crippen LogP contribution in [-0.2, 0) is 42.8 Å². The Morgan fingerprint density at radius 2 is 1.32 bits per heavy atom. The fourth-order valence-electron chi connectivity index (χ4n) is 2.34. The lowest BCUT2D eigenvalue weighted by Crippen LogP contribution is -2.43. The van der Waals surface area contributed by atoms with Crippen LogP contribution in [0.2, 0.25) is 0 Å². The summed E-state index contributed by atoms with van der Waals surface area (Å²) in [5.41, 5.74) is 0. The summed E-state index contributed by atoms with van der Waals surface area (Å²) in [4.78, 5) is 33.6. The number of hydrogen-bond acceptors (Lipinski definition) is 9. The third-order valence-electron chi connectivity index (χ3n) is 3.02. The second-order valence-corrected chi connectivity index (χ2v) is 4.84. The molecule has 0 bridgehead atoms. The zero-order chi connectivity index (χ0) is 16.3. The van der Waals surface area contributed by atoms with Crippen molar-refractivity contribution in [1.29, 1.82) is 0 Å². The van der Waals surface area contributed by atoms with Gasteiger partial charge in [0, 0.05) is 20.8 Å². The third kappa shape index (κ3) is 3.93. The average Bonchev–Trinajstić information content (AvgIpc) is 2.58. The molecule has 0 aromatic carbocycles. The van der Waals surface area contributed by atoms with Gasteiger partial charge in [0.25, 0.3) is 0 Å². The van der Waals surface area contributed by atoms with E-state index in [9.17, 15) is 14.4 Å². The summed E-state index contributed by atoms with van der Waals surface area (Å²) in [5.74, 6) is -1.75. The van der Waals surface area contributed by atoms with E-state index in [1.165, 1.54) is 20.8 Å². The van der Waals surface area contributed by atoms with Crippen LogP contribution in [0.1, 0.15) is 20.8 Å². The van der Waals surface area contributed by atoms with Crippen LogP contribution in [0.5, 0.6) is 0 Å². The summed E-state index contributed by atoms with van der Waals surface area (Å²) in [6, 6.07) is 0. The van der Waals surface area contributed by atoms with Gasteiger partial charge in [-0.15, -0.1) is 0 Å². The summed E-state index contributed by atoms with van der Waals surface area (Å²) in [5, 5.41) is 0. The van der Waals surface area contributed by atoms with Crippen LogP contribution in [-0.4, -0.2) is 62.0 Å². The van der Waals surface area contributed by atoms with E-state index in [2.05, 4.69) is 0 Å². The van der Waals surface area contributed by atoms with E-state index in [0.717, 1.165) is 0 Å². The van der Waals surface area contributed by atoms with Crippen molar-refractivity contribution in [2.45, 2.75) is 51.7 Å². The quantitative estimate of drug-likeness (QED) is 0.503. The van der Waals surface area contributed by atoms with Crippen molar-refractivity contribution in [2.24, 2.45) is 0 Å². The number of fused-ring (bicyclic) bond motifs is 1. The molecule has 9 nitrogen and oxygen atoms in total. The maximum absolute atomic E-state index is 11.3. The molecular weight excluding hydrogens is 300 g/mol. The maximum atomic E-state index is 11.3. The number of carbonyl (C=O) groups is 3. The summed E-state index contributed by atoms with van der Waals surface area (Å²) < 4.78 is 31.6. The molecule has 2 unspecified atom stereocenters. The largest absolute Gasteiger partial charge is 0.453 e. The van der Waals surface area contributed by atoms with Crippen molar-refractivity contribution in [3.8, 4) is 0 Å². The van der Waals surface area contributed by atoms with Gasteiger partial charge in [0.1, 0.15) is 6.10 Å². The van der Waals surface area contributed by atoms with E-state index < -0.39 is 48.8 Å². The zero-order valence-electron chi connectivity index (χ0n) is 12.5. The van der Waals surface area contributed by atoms with Gasteiger partial charge in [-0.05, 0) is 0 Å². The van der Waals surface area contributed by atoms with E-state index in [-0.39, 0.29) is 13.2 Å². The molecule has 2 heterocycles. The second-order valence-electron chi connectivity index (χ2n) is 4.84. The summed E-state index contributed by atoms with van der Waals surface area (Å²) >= 11 is 0. The van der Waals surface area contributed by atoms with Crippen molar-refractivity contribution in [3.05, 3.63) is 0 Å². The zero-order valence-corrected chi connectivity index (χ0v) is 12.5. The molecule has 0 N–H and O–H groups in total. The molecule has 2 rings (SSSR count). The van der Waals surface area contributed by atoms with E-state index in [1.807, 2.05) is 0 Å². The molecule has 2 fully saturated rings. The average molecular weight is 318 g/mol. The lowest BCUT2D eigenvalue weighted by molar-refractivity contribution is -0.229. The third-order valence-corrected chi connectivity index (χ3v) is 3.02. The van der Waals surface area contributed by atoms with E-state index >= 15 is 0 Å². The SMILES string of the molecule is CC(=O)OC1O[C@@H]2[C@@H](OC(C)=O)OCCO[C@@H]2C1OC(C)=O. The van der Waals surface area contributed by atoms with Crippen LogP contribution in [0.25, 0.3) is 0 Å². The Hall–Kier alpha value is -1.71. The molecule has 2 saturated heterocycles. The first-order valence-corrected chi connectivity index (χ1v) is 6.79. The minimum Gasteiger partial charge on any atom is -0.453 e. The second kappa shape index (κ2) is 7.03. The molecular formula is C13H18O9. The van der Waals surface area contributed by atoms with Gasteiger partial charge in [-0.1, -0.05) is 0 Å². The highest BCUT2D eigenvalue weighted by molar-refractivity contribution is 5.67. The molecule has 5 atom stereocenters. The van der Waals surface area contributed by atoms with Crippen molar-refractivity contribution in [1.82, 2.24) is 0 Å². The Kier molecular flexibility index (Phi) is 5.33. The lowest BCUT2D eigenvalue weighted by Gasteiger charge is -2.23. The molecule has 22 heavy (non-hydrogen) atoms. The normalized spacial score (nSPS) is 34.2. The predicted octanol–water partition coefficient (Wildman–Crippen LogP) is -0.489. The Labute approximate surface area is 126 Å². The number of rotatable bonds is 3. The van der Waals surface area contributed by atoms with E-state index in [4.69, 9.17) is 28.4 Å². The first-order valence-electron chi connectivity index (χ1n) is 6.79. The van der Waals surface area contributed by atoms with Gasteiger partial charge in [-0.3, -0.25) is 14.4 Å². The van der Waals surface area contributed by atoms with Crippen LogP contribution in [0.3, 0.4) is 0 Å². The Morgan fingerprint density at radius 1 is 0.773 bits per heavy atom. The highest BCUT2D eigenvalue weighted by atomic mass is 16.8. The van der Waals surface area contributed by atoms with Crippen molar-refractivity contribution in [2.75, 3.05) is 13.2 Å². The molecule has 2 aliphatic rings. The minimum absolute atomic E-state index is 0.180. The Morgan fingerprint density at radius 3 is 1.91 bits per heavy atom. The number of esters is 3. The summed E-state index contributed by atoms with van der Waals surface area (Å²) in [6.07, 6.45) is -4.81. The van der Waals surface area contributed by atoms with Crippen LogP contribution in [0, 0.1) is 0 Å². The van der Waals surface area contributed by atoms with Gasteiger partial charge in [0.2, 0.25) is 12.6 Å². The fourth-order valence-corrected chi connectivity index (χ4v) is 2.34. The first-order chi connectivity index (χ1) is 10.4. The molecule has 0 aliphatic carbocycles. The molecule has 0 amide bonds. The topological polar surface area (TPSA) is 107 Å². The van der Waals surface area contributed by atoms with Gasteiger partial charge >= 0.3 is 17.9 Å². The maximum Gasteiger partial charge on any atom is 0.305 e. The number of ether oxygens (including phenoxy) is 6. The van der Waals surface area contributed by atoms with Crippen LogP contribution in [0.15, 0.2) is 0 Å². The van der Waals surface area contributed by atoms with Crippen molar-refractivity contribution < 1.29 is 42.8 Å². The molecule has 0 radical (unpaired) electrons. The van der Waals surface area contributed by atoms with Crippen LogP contribution < -0.4 is 0 Å². The molecule has 124 valence electrons. The summed E-state index contributed by atoms with van der Waals surface area (Å²) in [6.45, 7) is 4.01. The Bertz CT molecular complexity index is 449. The molecule has 0 aromatic heterocycles. The predicted molar refractivity (Wildman–Crippen MR) is 67.2 cm³/mol. The molecule has 2 aliphatic heterocycles. The van der Waals surface area contributed by atoms with E-state index in [0.29, 0.717) is 0 Å². The van der Waals surface area contributed by atoms with Gasteiger partial charge in [0.05, 0.1) is 13.2 Å².